The molecule has 0 fully saturated rings. The van der Waals surface area contributed by atoms with Gasteiger partial charge in [-0.2, -0.15) is 31.3 Å². The summed E-state index contributed by atoms with van der Waals surface area (Å²) < 4.78 is 80.7. The van der Waals surface area contributed by atoms with Crippen molar-refractivity contribution < 1.29 is 31.1 Å². The van der Waals surface area contributed by atoms with Gasteiger partial charge in [-0.3, -0.25) is 4.79 Å². The van der Waals surface area contributed by atoms with Crippen LogP contribution in [0.5, 0.6) is 5.88 Å². The number of aryl methyl sites for hydroxylation is 2. The van der Waals surface area contributed by atoms with Crippen LogP contribution in [0.2, 0.25) is 0 Å². The fourth-order valence-electron chi connectivity index (χ4n) is 3.03. The number of H-pyrrole nitrogens is 1. The van der Waals surface area contributed by atoms with Gasteiger partial charge in [0.25, 0.3) is 5.56 Å². The zero-order chi connectivity index (χ0) is 30.2. The Bertz CT molecular complexity index is 1490. The number of thioether (sulfide) groups is 2. The Morgan fingerprint density at radius 2 is 1.37 bits per heavy atom. The molecule has 0 unspecified atom stereocenters. The maximum absolute atomic E-state index is 12.8. The lowest BCUT2D eigenvalue weighted by molar-refractivity contribution is -0.142. The zero-order valence-electron chi connectivity index (χ0n) is 21.6. The summed E-state index contributed by atoms with van der Waals surface area (Å²) in [6, 6.07) is 1.24. The second-order valence-corrected chi connectivity index (χ2v) is 11.5. The minimum Gasteiger partial charge on any atom is -0.481 e. The fraction of sp³-hybridized carbons (Fsp3) is 0.391. The van der Waals surface area contributed by atoms with Crippen molar-refractivity contribution in [3.05, 3.63) is 66.0 Å². The predicted molar refractivity (Wildman–Crippen MR) is 146 cm³/mol. The van der Waals surface area contributed by atoms with Crippen molar-refractivity contribution in [1.82, 2.24) is 29.9 Å². The maximum atomic E-state index is 12.8. The monoisotopic (exact) mass is 656 g/mol. The summed E-state index contributed by atoms with van der Waals surface area (Å²) in [5, 5.41) is -0.00240. The van der Waals surface area contributed by atoms with Crippen molar-refractivity contribution in [3.63, 3.8) is 0 Å². The molecule has 0 saturated heterocycles. The first kappa shape index (κ1) is 32.8. The number of alkyl halides is 6. The summed E-state index contributed by atoms with van der Waals surface area (Å²) in [6.45, 7) is 3.93. The van der Waals surface area contributed by atoms with E-state index in [0.29, 0.717) is 17.6 Å². The first-order valence-corrected chi connectivity index (χ1v) is 15.3. The van der Waals surface area contributed by atoms with Crippen LogP contribution in [-0.2, 0) is 36.7 Å². The Morgan fingerprint density at radius 1 is 0.829 bits per heavy atom. The van der Waals surface area contributed by atoms with Gasteiger partial charge in [-0.25, -0.2) is 19.9 Å². The van der Waals surface area contributed by atoms with Crippen molar-refractivity contribution in [3.8, 4) is 5.88 Å². The molecule has 0 aliphatic carbocycles. The molecule has 0 aliphatic rings. The van der Waals surface area contributed by atoms with E-state index >= 15 is 0 Å². The predicted octanol–water partition coefficient (Wildman–Crippen LogP) is 6.92. The van der Waals surface area contributed by atoms with Crippen molar-refractivity contribution in [2.75, 3.05) is 7.11 Å². The van der Waals surface area contributed by atoms with Crippen LogP contribution in [0.25, 0.3) is 0 Å². The molecule has 0 atom stereocenters. The normalized spacial score (nSPS) is 11.7. The molecule has 8 nitrogen and oxygen atoms in total. The molecule has 4 heterocycles. The van der Waals surface area contributed by atoms with E-state index in [4.69, 9.17) is 4.74 Å². The molecule has 4 rings (SSSR count). The average molecular weight is 657 g/mol. The Labute approximate surface area is 246 Å². The molecule has 0 aliphatic heterocycles. The van der Waals surface area contributed by atoms with Crippen LogP contribution >= 0.6 is 46.2 Å². The lowest BCUT2D eigenvalue weighted by Crippen LogP contribution is -2.16. The number of hydrogen-bond acceptors (Lipinski definition) is 11. The van der Waals surface area contributed by atoms with E-state index in [1.54, 1.807) is 11.0 Å². The van der Waals surface area contributed by atoms with E-state index in [2.05, 4.69) is 29.9 Å². The number of rotatable bonds is 9. The van der Waals surface area contributed by atoms with Crippen LogP contribution in [-0.4, -0.2) is 37.0 Å². The average Bonchev–Trinajstić information content (AvgIpc) is 3.58. The lowest BCUT2D eigenvalue weighted by Gasteiger charge is -2.09. The molecule has 0 bridgehead atoms. The van der Waals surface area contributed by atoms with E-state index in [-0.39, 0.29) is 16.2 Å². The SMILES string of the molecule is CCc1ncsc1CSc1nc(C(F)(F)F)cc(=O)[nH]1.CCc1ncsc1CSc1nc(OC)cc(C(F)(F)F)n1. The smallest absolute Gasteiger partial charge is 0.433 e. The molecule has 4 aromatic rings. The van der Waals surface area contributed by atoms with Crippen molar-refractivity contribution in [2.24, 2.45) is 0 Å². The number of methoxy groups -OCH3 is 1. The van der Waals surface area contributed by atoms with E-state index < -0.39 is 29.3 Å². The number of aromatic nitrogens is 6. The van der Waals surface area contributed by atoms with Gasteiger partial charge in [0.05, 0.1) is 29.5 Å². The van der Waals surface area contributed by atoms with Gasteiger partial charge in [-0.05, 0) is 12.8 Å². The van der Waals surface area contributed by atoms with Crippen LogP contribution in [0.3, 0.4) is 0 Å². The number of thiazole rings is 2. The molecule has 41 heavy (non-hydrogen) atoms. The fourth-order valence-corrected chi connectivity index (χ4v) is 6.72. The molecule has 0 aromatic carbocycles. The molecule has 18 heteroatoms. The van der Waals surface area contributed by atoms with E-state index in [1.165, 1.54) is 29.8 Å². The number of aromatic amines is 1. The highest BCUT2D eigenvalue weighted by molar-refractivity contribution is 7.98. The van der Waals surface area contributed by atoms with E-state index in [0.717, 1.165) is 63.6 Å². The molecular formula is C23H22F6N6O2S4. The molecule has 1 N–H and O–H groups in total. The molecule has 4 aromatic heterocycles. The molecule has 0 spiro atoms. The Morgan fingerprint density at radius 3 is 1.88 bits per heavy atom. The highest BCUT2D eigenvalue weighted by Crippen LogP contribution is 2.33. The highest BCUT2D eigenvalue weighted by Gasteiger charge is 2.34. The minimum absolute atomic E-state index is 0.0390. The van der Waals surface area contributed by atoms with Crippen LogP contribution in [0, 0.1) is 0 Å². The minimum atomic E-state index is -4.62. The van der Waals surface area contributed by atoms with Crippen LogP contribution in [0.4, 0.5) is 26.3 Å². The molecule has 222 valence electrons. The zero-order valence-corrected chi connectivity index (χ0v) is 24.9. The summed E-state index contributed by atoms with van der Waals surface area (Å²) in [5.41, 5.74) is 2.29. The van der Waals surface area contributed by atoms with E-state index in [1.807, 2.05) is 13.8 Å². The molecular weight excluding hydrogens is 635 g/mol. The first-order chi connectivity index (χ1) is 19.3. The third-order valence-electron chi connectivity index (χ3n) is 4.98. The van der Waals surface area contributed by atoms with Gasteiger partial charge < -0.3 is 9.72 Å². The number of nitrogens with zero attached hydrogens (tertiary/aromatic N) is 5. The maximum Gasteiger partial charge on any atom is 0.433 e. The third-order valence-corrected chi connectivity index (χ3v) is 8.87. The second kappa shape index (κ2) is 14.5. The largest absolute Gasteiger partial charge is 0.481 e. The van der Waals surface area contributed by atoms with Crippen LogP contribution < -0.4 is 10.3 Å². The van der Waals surface area contributed by atoms with Crippen LogP contribution in [0.15, 0.2) is 38.3 Å². The second-order valence-electron chi connectivity index (χ2n) is 7.74. The summed E-state index contributed by atoms with van der Waals surface area (Å²) in [7, 11) is 1.27. The molecule has 0 amide bonds. The number of nitrogens with one attached hydrogen (secondary N) is 1. The van der Waals surface area contributed by atoms with Crippen molar-refractivity contribution in [1.29, 1.82) is 0 Å². The van der Waals surface area contributed by atoms with E-state index in [9.17, 15) is 31.1 Å². The van der Waals surface area contributed by atoms with Gasteiger partial charge in [0.15, 0.2) is 21.7 Å². The lowest BCUT2D eigenvalue weighted by atomic mass is 10.3. The third kappa shape index (κ3) is 9.68. The number of halogens is 6. The number of hydrogen-bond donors (Lipinski definition) is 1. The standard InChI is InChI=1S/C12H12F3N3OS2.C11H10F3N3OS2/c1-3-7-8(21-6-16-7)5-20-11-17-9(12(13,14)15)4-10(18-11)19-2;1-2-6-7(20-5-15-6)4-19-10-16-8(11(12,13)14)3-9(18)17-10/h4,6H,3,5H2,1-2H3;3,5H,2,4H2,1H3,(H,16,17,18). The van der Waals surface area contributed by atoms with Gasteiger partial charge in [-0.15, -0.1) is 22.7 Å². The van der Waals surface area contributed by atoms with Gasteiger partial charge in [0, 0.05) is 33.4 Å². The Hall–Kier alpha value is -2.70. The summed E-state index contributed by atoms with van der Waals surface area (Å²) >= 11 is 5.10. The Kier molecular flexibility index (Phi) is 11.6. The summed E-state index contributed by atoms with van der Waals surface area (Å²) in [6.07, 6.45) is -7.61. The molecule has 0 saturated carbocycles. The number of ether oxygens (including phenoxy) is 1. The highest BCUT2D eigenvalue weighted by atomic mass is 32.2. The van der Waals surface area contributed by atoms with Gasteiger partial charge >= 0.3 is 12.4 Å². The van der Waals surface area contributed by atoms with Crippen LogP contribution in [0.1, 0.15) is 46.4 Å². The molecule has 0 radical (unpaired) electrons. The summed E-state index contributed by atoms with van der Waals surface area (Å²) in [5.74, 6) is 0.816. The first-order valence-electron chi connectivity index (χ1n) is 11.6. The summed E-state index contributed by atoms with van der Waals surface area (Å²) in [4.78, 5) is 34.8. The van der Waals surface area contributed by atoms with Gasteiger partial charge in [-0.1, -0.05) is 37.4 Å². The topological polar surface area (TPSA) is 107 Å². The van der Waals surface area contributed by atoms with Gasteiger partial charge in [0.2, 0.25) is 5.88 Å². The van der Waals surface area contributed by atoms with Crippen molar-refractivity contribution >= 4 is 46.2 Å². The Balaban J connectivity index is 0.000000226. The van der Waals surface area contributed by atoms with Gasteiger partial charge in [0.1, 0.15) is 0 Å². The van der Waals surface area contributed by atoms with Crippen molar-refractivity contribution in [2.45, 2.75) is 60.9 Å². The quantitative estimate of drug-likeness (QED) is 0.117.